The first-order valence-electron chi connectivity index (χ1n) is 8.55. The maximum absolute atomic E-state index is 13.0. The van der Waals surface area contributed by atoms with E-state index in [-0.39, 0.29) is 16.1 Å². The highest BCUT2D eigenvalue weighted by Crippen LogP contribution is 2.37. The zero-order chi connectivity index (χ0) is 19.4. The normalized spacial score (nSPS) is 15.5. The SMILES string of the molecule is O=C(O)Oc1cnc(NC(=O)C(CC2CCCC2)c2ccc(Cl)c(Cl)c2)s1. The summed E-state index contributed by atoms with van der Waals surface area (Å²) in [6, 6.07) is 5.23. The Kier molecular flexibility index (Phi) is 6.57. The van der Waals surface area contributed by atoms with E-state index in [2.05, 4.69) is 15.0 Å². The van der Waals surface area contributed by atoms with Crippen LogP contribution < -0.4 is 10.1 Å². The number of amides is 1. The van der Waals surface area contributed by atoms with Gasteiger partial charge < -0.3 is 15.2 Å². The largest absolute Gasteiger partial charge is 0.512 e. The van der Waals surface area contributed by atoms with Crippen molar-refractivity contribution >= 4 is 51.7 Å². The molecule has 144 valence electrons. The quantitative estimate of drug-likeness (QED) is 0.566. The number of carbonyl (C=O) groups excluding carboxylic acids is 1. The molecule has 1 atom stereocenters. The van der Waals surface area contributed by atoms with Gasteiger partial charge in [0.25, 0.3) is 0 Å². The lowest BCUT2D eigenvalue weighted by Crippen LogP contribution is -2.23. The molecule has 0 aliphatic heterocycles. The highest BCUT2D eigenvalue weighted by Gasteiger charge is 2.28. The Balaban J connectivity index is 1.78. The number of nitrogens with one attached hydrogen (secondary N) is 1. The molecule has 3 rings (SSSR count). The molecule has 1 aromatic heterocycles. The Hall–Kier alpha value is -1.83. The molecule has 9 heteroatoms. The summed E-state index contributed by atoms with van der Waals surface area (Å²) in [5, 5.41) is 12.6. The van der Waals surface area contributed by atoms with Crippen molar-refractivity contribution in [1.82, 2.24) is 4.98 Å². The fourth-order valence-corrected chi connectivity index (χ4v) is 4.32. The van der Waals surface area contributed by atoms with Crippen LogP contribution >= 0.6 is 34.5 Å². The van der Waals surface area contributed by atoms with Gasteiger partial charge in [-0.1, -0.05) is 66.3 Å². The third-order valence-electron chi connectivity index (χ3n) is 4.61. The van der Waals surface area contributed by atoms with Crippen molar-refractivity contribution in [3.63, 3.8) is 0 Å². The third kappa shape index (κ3) is 5.34. The van der Waals surface area contributed by atoms with Crippen LogP contribution in [0.4, 0.5) is 9.93 Å². The molecule has 0 spiro atoms. The Morgan fingerprint density at radius 2 is 2.04 bits per heavy atom. The molecule has 0 bridgehead atoms. The van der Waals surface area contributed by atoms with Gasteiger partial charge in [0.1, 0.15) is 0 Å². The summed E-state index contributed by atoms with van der Waals surface area (Å²) in [6.45, 7) is 0. The number of carbonyl (C=O) groups is 2. The first-order chi connectivity index (χ1) is 12.9. The van der Waals surface area contributed by atoms with Crippen LogP contribution in [0.25, 0.3) is 0 Å². The van der Waals surface area contributed by atoms with Gasteiger partial charge in [-0.2, -0.15) is 0 Å². The number of carboxylic acid groups (broad SMARTS) is 1. The summed E-state index contributed by atoms with van der Waals surface area (Å²) in [7, 11) is 0. The summed E-state index contributed by atoms with van der Waals surface area (Å²) in [6.07, 6.45) is 5.14. The number of rotatable bonds is 6. The molecule has 0 radical (unpaired) electrons. The summed E-state index contributed by atoms with van der Waals surface area (Å²) in [4.78, 5) is 27.5. The number of nitrogens with zero attached hydrogens (tertiary/aromatic N) is 1. The van der Waals surface area contributed by atoms with E-state index >= 15 is 0 Å². The molecule has 2 aromatic rings. The highest BCUT2D eigenvalue weighted by atomic mass is 35.5. The molecule has 1 heterocycles. The van der Waals surface area contributed by atoms with E-state index in [1.165, 1.54) is 19.0 Å². The smallest absolute Gasteiger partial charge is 0.449 e. The summed E-state index contributed by atoms with van der Waals surface area (Å²) < 4.78 is 4.55. The van der Waals surface area contributed by atoms with E-state index in [1.54, 1.807) is 12.1 Å². The molecule has 1 saturated carbocycles. The fraction of sp³-hybridized carbons (Fsp3) is 0.389. The average molecular weight is 429 g/mol. The first kappa shape index (κ1) is 19.9. The zero-order valence-corrected chi connectivity index (χ0v) is 16.6. The van der Waals surface area contributed by atoms with Crippen LogP contribution in [-0.4, -0.2) is 22.2 Å². The van der Waals surface area contributed by atoms with E-state index in [1.807, 2.05) is 6.07 Å². The molecular formula is C18H18Cl2N2O4S. The molecule has 1 fully saturated rings. The predicted molar refractivity (Wildman–Crippen MR) is 105 cm³/mol. The lowest BCUT2D eigenvalue weighted by Gasteiger charge is -2.20. The van der Waals surface area contributed by atoms with Gasteiger partial charge in [-0.3, -0.25) is 4.79 Å². The van der Waals surface area contributed by atoms with Gasteiger partial charge in [0.2, 0.25) is 11.0 Å². The Labute approximate surface area is 170 Å². The molecule has 0 saturated heterocycles. The van der Waals surface area contributed by atoms with Crippen molar-refractivity contribution in [2.45, 2.75) is 38.0 Å². The number of hydrogen-bond acceptors (Lipinski definition) is 5. The minimum absolute atomic E-state index is 0.0969. The van der Waals surface area contributed by atoms with Crippen LogP contribution in [0.15, 0.2) is 24.4 Å². The van der Waals surface area contributed by atoms with Gasteiger partial charge in [0.15, 0.2) is 5.13 Å². The average Bonchev–Trinajstić information content (AvgIpc) is 3.27. The van der Waals surface area contributed by atoms with Crippen LogP contribution in [0.3, 0.4) is 0 Å². The topological polar surface area (TPSA) is 88.5 Å². The number of thiazole rings is 1. The number of ether oxygens (including phenoxy) is 1. The van der Waals surface area contributed by atoms with Crippen molar-refractivity contribution in [2.75, 3.05) is 5.32 Å². The molecule has 1 aromatic carbocycles. The molecule has 1 aliphatic rings. The minimum atomic E-state index is -1.42. The molecule has 1 unspecified atom stereocenters. The van der Waals surface area contributed by atoms with Gasteiger partial charge in [-0.15, -0.1) is 0 Å². The Bertz CT molecular complexity index is 837. The Morgan fingerprint density at radius 1 is 1.30 bits per heavy atom. The summed E-state index contributed by atoms with van der Waals surface area (Å²) in [5.41, 5.74) is 0.798. The van der Waals surface area contributed by atoms with Crippen molar-refractivity contribution in [1.29, 1.82) is 0 Å². The zero-order valence-electron chi connectivity index (χ0n) is 14.3. The predicted octanol–water partition coefficient (Wildman–Crippen LogP) is 5.81. The minimum Gasteiger partial charge on any atom is -0.449 e. The highest BCUT2D eigenvalue weighted by molar-refractivity contribution is 7.17. The van der Waals surface area contributed by atoms with Gasteiger partial charge in [-0.05, 0) is 30.0 Å². The summed E-state index contributed by atoms with van der Waals surface area (Å²) >= 11 is 13.1. The van der Waals surface area contributed by atoms with Crippen molar-refractivity contribution in [3.05, 3.63) is 40.0 Å². The number of benzene rings is 1. The standard InChI is InChI=1S/C18H18Cl2N2O4S/c19-13-6-5-11(8-14(13)20)12(7-10-3-1-2-4-10)16(23)22-17-21-9-15(27-17)26-18(24)25/h5-6,8-10,12H,1-4,7H2,(H,24,25)(H,21,22,23). The number of anilines is 1. The van der Waals surface area contributed by atoms with Crippen LogP contribution in [0.1, 0.15) is 43.6 Å². The van der Waals surface area contributed by atoms with Crippen molar-refractivity contribution < 1.29 is 19.4 Å². The van der Waals surface area contributed by atoms with Crippen LogP contribution in [0.2, 0.25) is 10.0 Å². The number of halogens is 2. The van der Waals surface area contributed by atoms with Crippen molar-refractivity contribution in [2.24, 2.45) is 5.92 Å². The Morgan fingerprint density at radius 3 is 2.70 bits per heavy atom. The van der Waals surface area contributed by atoms with Crippen LogP contribution in [-0.2, 0) is 4.79 Å². The maximum Gasteiger partial charge on any atom is 0.512 e. The van der Waals surface area contributed by atoms with Crippen LogP contribution in [0, 0.1) is 5.92 Å². The third-order valence-corrected chi connectivity index (χ3v) is 6.14. The second-order valence-electron chi connectivity index (χ2n) is 6.45. The van der Waals surface area contributed by atoms with Gasteiger partial charge in [0, 0.05) is 0 Å². The van der Waals surface area contributed by atoms with Gasteiger partial charge in [0.05, 0.1) is 22.2 Å². The molecule has 2 N–H and O–H groups in total. The van der Waals surface area contributed by atoms with Gasteiger partial charge in [-0.25, -0.2) is 9.78 Å². The maximum atomic E-state index is 13.0. The van der Waals surface area contributed by atoms with E-state index < -0.39 is 12.1 Å². The van der Waals surface area contributed by atoms with E-state index in [0.29, 0.717) is 22.4 Å². The lowest BCUT2D eigenvalue weighted by atomic mass is 9.87. The molecule has 1 amide bonds. The summed E-state index contributed by atoms with van der Waals surface area (Å²) in [5.74, 6) is -0.121. The van der Waals surface area contributed by atoms with E-state index in [0.717, 1.165) is 29.7 Å². The number of aromatic nitrogens is 1. The van der Waals surface area contributed by atoms with Gasteiger partial charge >= 0.3 is 6.16 Å². The molecular weight excluding hydrogens is 411 g/mol. The van der Waals surface area contributed by atoms with Crippen LogP contribution in [0.5, 0.6) is 5.06 Å². The second-order valence-corrected chi connectivity index (χ2v) is 8.26. The fourth-order valence-electron chi connectivity index (χ4n) is 3.35. The van der Waals surface area contributed by atoms with Crippen molar-refractivity contribution in [3.8, 4) is 5.06 Å². The molecule has 1 aliphatic carbocycles. The second kappa shape index (κ2) is 8.91. The lowest BCUT2D eigenvalue weighted by molar-refractivity contribution is -0.118. The number of hydrogen-bond donors (Lipinski definition) is 2. The van der Waals surface area contributed by atoms with E-state index in [9.17, 15) is 9.59 Å². The molecule has 6 nitrogen and oxygen atoms in total. The first-order valence-corrected chi connectivity index (χ1v) is 10.1. The monoisotopic (exact) mass is 428 g/mol. The van der Waals surface area contributed by atoms with E-state index in [4.69, 9.17) is 28.3 Å². The molecule has 27 heavy (non-hydrogen) atoms.